The number of rotatable bonds is 12. The van der Waals surface area contributed by atoms with Crippen molar-refractivity contribution in [2.45, 2.75) is 185 Å². The molecule has 1 aromatic carbocycles. The maximum absolute atomic E-state index is 14.7. The maximum Gasteiger partial charge on any atom is 0.309 e. The van der Waals surface area contributed by atoms with Gasteiger partial charge in [0.25, 0.3) is 5.56 Å². The van der Waals surface area contributed by atoms with E-state index in [0.717, 1.165) is 74.9 Å². The molecule has 4 fully saturated rings. The Labute approximate surface area is 356 Å². The SMILES string of the molecule is C=C(CC(C)(C)C(=O)O)O[C@H]1CCC2(C)[C@H]3CCC4(C)C5=C(C(C)C)CC[C@]5(c5c(C)c(=O)n(-c6ccc(OC)cc6)n5CCCC)CC[C@@]4(C)C3(C)CC[C@H]2C1(C)C. The van der Waals surface area contributed by atoms with Gasteiger partial charge in [-0.1, -0.05) is 86.5 Å². The zero-order chi connectivity index (χ0) is 43.3. The quantitative estimate of drug-likeness (QED) is 0.171. The zero-order valence-corrected chi connectivity index (χ0v) is 39.2. The molecule has 1 aromatic heterocycles. The molecule has 0 bridgehead atoms. The number of aromatic nitrogens is 2. The molecule has 7 rings (SSSR count). The third kappa shape index (κ3) is 6.21. The van der Waals surface area contributed by atoms with E-state index in [9.17, 15) is 14.7 Å². The Morgan fingerprint density at radius 3 is 2.22 bits per heavy atom. The number of fused-ring (bicyclic) bond motifs is 7. The minimum Gasteiger partial charge on any atom is -0.497 e. The number of hydrogen-bond acceptors (Lipinski definition) is 4. The summed E-state index contributed by atoms with van der Waals surface area (Å²) in [6, 6.07) is 8.05. The van der Waals surface area contributed by atoms with Gasteiger partial charge in [0, 0.05) is 29.4 Å². The molecule has 0 aliphatic heterocycles. The van der Waals surface area contributed by atoms with Crippen LogP contribution in [0.3, 0.4) is 0 Å². The van der Waals surface area contributed by atoms with E-state index in [0.29, 0.717) is 29.9 Å². The molecule has 5 aliphatic rings. The Bertz CT molecular complexity index is 2070. The third-order valence-electron chi connectivity index (χ3n) is 18.7. The van der Waals surface area contributed by atoms with Crippen LogP contribution in [-0.4, -0.2) is 33.7 Å². The van der Waals surface area contributed by atoms with Crippen molar-refractivity contribution in [3.8, 4) is 11.4 Å². The lowest BCUT2D eigenvalue weighted by Gasteiger charge is -2.75. The van der Waals surface area contributed by atoms with Gasteiger partial charge in [0.2, 0.25) is 0 Å². The Morgan fingerprint density at radius 2 is 1.61 bits per heavy atom. The fourth-order valence-corrected chi connectivity index (χ4v) is 15.4. The Morgan fingerprint density at radius 1 is 0.949 bits per heavy atom. The van der Waals surface area contributed by atoms with E-state index in [1.165, 1.54) is 31.4 Å². The third-order valence-corrected chi connectivity index (χ3v) is 18.7. The maximum atomic E-state index is 14.7. The highest BCUT2D eigenvalue weighted by Gasteiger charge is 2.73. The van der Waals surface area contributed by atoms with Crippen LogP contribution in [0.2, 0.25) is 0 Å². The Balaban J connectivity index is 1.29. The van der Waals surface area contributed by atoms with E-state index in [1.807, 2.05) is 28.9 Å². The molecule has 0 radical (unpaired) electrons. The lowest BCUT2D eigenvalue weighted by Crippen LogP contribution is -2.68. The second-order valence-electron chi connectivity index (χ2n) is 22.5. The highest BCUT2D eigenvalue weighted by atomic mass is 16.5. The largest absolute Gasteiger partial charge is 0.497 e. The average molecular weight is 811 g/mol. The van der Waals surface area contributed by atoms with E-state index in [-0.39, 0.29) is 44.2 Å². The summed E-state index contributed by atoms with van der Waals surface area (Å²) in [4.78, 5) is 26.6. The summed E-state index contributed by atoms with van der Waals surface area (Å²) in [5, 5.41) is 9.81. The number of benzene rings is 1. The van der Waals surface area contributed by atoms with Crippen molar-refractivity contribution in [2.24, 2.45) is 50.2 Å². The molecule has 5 aliphatic carbocycles. The minimum absolute atomic E-state index is 0.000599. The molecule has 8 atom stereocenters. The molecule has 0 saturated heterocycles. The topological polar surface area (TPSA) is 82.7 Å². The second-order valence-corrected chi connectivity index (χ2v) is 22.5. The first-order chi connectivity index (χ1) is 27.5. The van der Waals surface area contributed by atoms with Gasteiger partial charge >= 0.3 is 5.97 Å². The molecule has 0 spiro atoms. The summed E-state index contributed by atoms with van der Waals surface area (Å²) in [5.41, 5.74) is 5.90. The summed E-state index contributed by atoms with van der Waals surface area (Å²) in [6.45, 7) is 33.4. The monoisotopic (exact) mass is 811 g/mol. The van der Waals surface area contributed by atoms with E-state index in [1.54, 1.807) is 32.1 Å². The first kappa shape index (κ1) is 43.9. The van der Waals surface area contributed by atoms with Gasteiger partial charge in [0.05, 0.1) is 29.7 Å². The van der Waals surface area contributed by atoms with Crippen molar-refractivity contribution in [2.75, 3.05) is 7.11 Å². The van der Waals surface area contributed by atoms with Gasteiger partial charge in [-0.25, -0.2) is 4.68 Å². The first-order valence-corrected chi connectivity index (χ1v) is 23.3. The number of carboxylic acids is 1. The molecule has 1 heterocycles. The highest BCUT2D eigenvalue weighted by molar-refractivity contribution is 5.73. The van der Waals surface area contributed by atoms with Crippen LogP contribution in [0.25, 0.3) is 5.69 Å². The first-order valence-electron chi connectivity index (χ1n) is 23.3. The molecule has 0 amide bonds. The van der Waals surface area contributed by atoms with Gasteiger partial charge in [-0.3, -0.25) is 14.3 Å². The number of allylic oxidation sites excluding steroid dienone is 3. The molecular weight excluding hydrogens is 733 g/mol. The van der Waals surface area contributed by atoms with Crippen LogP contribution in [0.15, 0.2) is 52.5 Å². The van der Waals surface area contributed by atoms with Gasteiger partial charge in [-0.2, -0.15) is 0 Å². The molecule has 4 saturated carbocycles. The number of hydrogen-bond donors (Lipinski definition) is 1. The van der Waals surface area contributed by atoms with E-state index < -0.39 is 11.4 Å². The predicted molar refractivity (Wildman–Crippen MR) is 239 cm³/mol. The number of unbranched alkanes of at least 4 members (excludes halogenated alkanes) is 1. The second kappa shape index (κ2) is 14.7. The number of carbonyl (C=O) groups is 1. The van der Waals surface area contributed by atoms with Crippen LogP contribution < -0.4 is 10.3 Å². The van der Waals surface area contributed by atoms with Gasteiger partial charge in [0.1, 0.15) is 11.9 Å². The fourth-order valence-electron chi connectivity index (χ4n) is 15.4. The van der Waals surface area contributed by atoms with Crippen molar-refractivity contribution < 1.29 is 19.4 Å². The van der Waals surface area contributed by atoms with E-state index in [2.05, 4.69) is 80.5 Å². The van der Waals surface area contributed by atoms with Crippen molar-refractivity contribution in [1.82, 2.24) is 9.36 Å². The Kier molecular flexibility index (Phi) is 10.9. The number of methoxy groups -OCH3 is 1. The number of ether oxygens (including phenoxy) is 2. The zero-order valence-electron chi connectivity index (χ0n) is 39.2. The molecule has 3 unspecified atom stereocenters. The highest BCUT2D eigenvalue weighted by Crippen LogP contribution is 2.80. The van der Waals surface area contributed by atoms with Gasteiger partial charge < -0.3 is 14.6 Å². The standard InChI is InChI=1S/C52H78N2O5/c1-15-16-31-53-43(35(5)44(55)54(53)36-17-19-37(58-14)20-18-36)52-28-21-38(33(2)3)42(52)50(12)27-23-40-48(10)25-24-41(59-34(4)32-46(6,7)45(56)57)47(8,9)39(48)22-26-49(40,11)51(50,13)29-30-52/h17-20,33,39-41H,4,15-16,21-32H2,1-3,5-14H3,(H,56,57)/t39-,40+,41-,48?,49?,50?,51-,52-/m0/s1. The van der Waals surface area contributed by atoms with Gasteiger partial charge in [-0.05, 0) is 155 Å². The van der Waals surface area contributed by atoms with Crippen LogP contribution in [0.4, 0.5) is 0 Å². The number of nitrogens with zero attached hydrogens (tertiary/aromatic N) is 2. The van der Waals surface area contributed by atoms with Crippen molar-refractivity contribution in [3.05, 3.63) is 69.4 Å². The summed E-state index contributed by atoms with van der Waals surface area (Å²) >= 11 is 0. The van der Waals surface area contributed by atoms with Gasteiger partial charge in [-0.15, -0.1) is 0 Å². The fraction of sp³-hybridized carbons (Fsp3) is 0.731. The van der Waals surface area contributed by atoms with E-state index in [4.69, 9.17) is 9.47 Å². The van der Waals surface area contributed by atoms with Crippen molar-refractivity contribution >= 4 is 5.97 Å². The predicted octanol–water partition coefficient (Wildman–Crippen LogP) is 12.6. The number of aliphatic carboxylic acids is 1. The van der Waals surface area contributed by atoms with Crippen molar-refractivity contribution in [3.63, 3.8) is 0 Å². The molecule has 7 heteroatoms. The molecular formula is C52H78N2O5. The lowest BCUT2D eigenvalue weighted by molar-refractivity contribution is -0.246. The average Bonchev–Trinajstić information content (AvgIpc) is 3.68. The van der Waals surface area contributed by atoms with Crippen molar-refractivity contribution in [1.29, 1.82) is 0 Å². The summed E-state index contributed by atoms with van der Waals surface area (Å²) in [5.74, 6) is 2.14. The van der Waals surface area contributed by atoms with Gasteiger partial charge in [0.15, 0.2) is 0 Å². The molecule has 7 nitrogen and oxygen atoms in total. The van der Waals surface area contributed by atoms with Crippen LogP contribution >= 0.6 is 0 Å². The molecule has 326 valence electrons. The van der Waals surface area contributed by atoms with E-state index >= 15 is 0 Å². The summed E-state index contributed by atoms with van der Waals surface area (Å²) in [6.07, 6.45) is 13.8. The molecule has 1 N–H and O–H groups in total. The number of carboxylic acid groups (broad SMARTS) is 1. The molecule has 59 heavy (non-hydrogen) atoms. The lowest BCUT2D eigenvalue weighted by atomic mass is 9.30. The van der Waals surface area contributed by atoms with Crippen LogP contribution in [-0.2, 0) is 21.5 Å². The Hall–Kier alpha value is -3.22. The molecule has 2 aromatic rings. The minimum atomic E-state index is -0.907. The summed E-state index contributed by atoms with van der Waals surface area (Å²) < 4.78 is 16.7. The summed E-state index contributed by atoms with van der Waals surface area (Å²) in [7, 11) is 1.69. The van der Waals surface area contributed by atoms with Crippen LogP contribution in [0.1, 0.15) is 171 Å². The van der Waals surface area contributed by atoms with Crippen LogP contribution in [0.5, 0.6) is 5.75 Å². The smallest absolute Gasteiger partial charge is 0.309 e. The van der Waals surface area contributed by atoms with Crippen LogP contribution in [0, 0.1) is 57.2 Å². The normalized spacial score (nSPS) is 35.1.